The molecule has 2 N–H and O–H groups in total. The van der Waals surface area contributed by atoms with Crippen LogP contribution >= 0.6 is 0 Å². The molecule has 5 heteroatoms. The number of carboxylic acids is 1. The van der Waals surface area contributed by atoms with Gasteiger partial charge < -0.3 is 10.4 Å². The van der Waals surface area contributed by atoms with Crippen LogP contribution in [0.25, 0.3) is 0 Å². The number of pyridine rings is 1. The second kappa shape index (κ2) is 4.50. The van der Waals surface area contributed by atoms with Crippen molar-refractivity contribution in [3.8, 4) is 0 Å². The first-order valence-electron chi connectivity index (χ1n) is 6.29. The van der Waals surface area contributed by atoms with Crippen molar-refractivity contribution in [1.82, 2.24) is 4.98 Å². The predicted molar refractivity (Wildman–Crippen MR) is 68.2 cm³/mol. The molecule has 2 bridgehead atoms. The highest BCUT2D eigenvalue weighted by Gasteiger charge is 2.51. The molecule has 4 atom stereocenters. The number of aromatic nitrogens is 1. The molecule has 0 saturated heterocycles. The highest BCUT2D eigenvalue weighted by atomic mass is 16.4. The topological polar surface area (TPSA) is 79.3 Å². The summed E-state index contributed by atoms with van der Waals surface area (Å²) >= 11 is 0. The first kappa shape index (κ1) is 11.9. The molecule has 1 amide bonds. The van der Waals surface area contributed by atoms with Gasteiger partial charge in [0, 0.05) is 6.20 Å². The molecule has 0 radical (unpaired) electrons. The Kier molecular flexibility index (Phi) is 2.81. The molecule has 1 fully saturated rings. The monoisotopic (exact) mass is 258 g/mol. The van der Waals surface area contributed by atoms with Crippen molar-refractivity contribution in [3.05, 3.63) is 36.7 Å². The van der Waals surface area contributed by atoms with Crippen LogP contribution in [0.5, 0.6) is 0 Å². The minimum Gasteiger partial charge on any atom is -0.481 e. The molecule has 19 heavy (non-hydrogen) atoms. The van der Waals surface area contributed by atoms with Gasteiger partial charge in [0.1, 0.15) is 0 Å². The van der Waals surface area contributed by atoms with Crippen LogP contribution in [0, 0.1) is 23.7 Å². The van der Waals surface area contributed by atoms with Gasteiger partial charge in [-0.3, -0.25) is 14.6 Å². The Hall–Kier alpha value is -2.17. The van der Waals surface area contributed by atoms with E-state index in [1.807, 2.05) is 12.2 Å². The number of nitrogens with zero attached hydrogens (tertiary/aromatic N) is 1. The third kappa shape index (κ3) is 2.01. The maximum Gasteiger partial charge on any atom is 0.307 e. The van der Waals surface area contributed by atoms with E-state index in [0.29, 0.717) is 5.69 Å². The van der Waals surface area contributed by atoms with E-state index >= 15 is 0 Å². The second-order valence-corrected chi connectivity index (χ2v) is 5.07. The summed E-state index contributed by atoms with van der Waals surface area (Å²) in [4.78, 5) is 27.5. The van der Waals surface area contributed by atoms with Crippen molar-refractivity contribution >= 4 is 17.6 Å². The maximum atomic E-state index is 12.3. The molecule has 0 aliphatic heterocycles. The van der Waals surface area contributed by atoms with Gasteiger partial charge in [0.05, 0.1) is 23.7 Å². The first-order valence-corrected chi connectivity index (χ1v) is 6.29. The van der Waals surface area contributed by atoms with E-state index in [-0.39, 0.29) is 17.7 Å². The number of carboxylic acid groups (broad SMARTS) is 1. The lowest BCUT2D eigenvalue weighted by Gasteiger charge is -2.23. The number of hydrogen-bond donors (Lipinski definition) is 2. The van der Waals surface area contributed by atoms with Gasteiger partial charge in [0.25, 0.3) is 0 Å². The molecule has 5 nitrogen and oxygen atoms in total. The van der Waals surface area contributed by atoms with Crippen molar-refractivity contribution < 1.29 is 14.7 Å². The minimum atomic E-state index is -0.886. The van der Waals surface area contributed by atoms with Crippen LogP contribution in [-0.4, -0.2) is 22.0 Å². The fraction of sp³-hybridized carbons (Fsp3) is 0.357. The van der Waals surface area contributed by atoms with Crippen molar-refractivity contribution in [2.45, 2.75) is 6.42 Å². The Morgan fingerprint density at radius 3 is 2.63 bits per heavy atom. The molecule has 2 aliphatic carbocycles. The lowest BCUT2D eigenvalue weighted by atomic mass is 9.82. The zero-order valence-corrected chi connectivity index (χ0v) is 10.2. The molecule has 1 aromatic heterocycles. The summed E-state index contributed by atoms with van der Waals surface area (Å²) in [6, 6.07) is 3.47. The van der Waals surface area contributed by atoms with Gasteiger partial charge in [0.15, 0.2) is 0 Å². The SMILES string of the molecule is O=C(O)[C@@H]1[C@H](C(=O)Nc2cccnc2)[C@H]2C=C[C@H]1C2. The summed E-state index contributed by atoms with van der Waals surface area (Å²) in [5.41, 5.74) is 0.600. The summed E-state index contributed by atoms with van der Waals surface area (Å²) in [6.07, 6.45) is 7.84. The number of carbonyl (C=O) groups excluding carboxylic acids is 1. The van der Waals surface area contributed by atoms with Gasteiger partial charge in [-0.05, 0) is 30.4 Å². The number of rotatable bonds is 3. The summed E-state index contributed by atoms with van der Waals surface area (Å²) in [7, 11) is 0. The highest BCUT2D eigenvalue weighted by Crippen LogP contribution is 2.48. The van der Waals surface area contributed by atoms with Crippen LogP contribution in [0.15, 0.2) is 36.7 Å². The van der Waals surface area contributed by atoms with Gasteiger partial charge in [0.2, 0.25) is 5.91 Å². The molecule has 1 saturated carbocycles. The number of allylic oxidation sites excluding steroid dienone is 2. The zero-order valence-electron chi connectivity index (χ0n) is 10.2. The van der Waals surface area contributed by atoms with Crippen molar-refractivity contribution in [2.75, 3.05) is 5.32 Å². The number of hydrogen-bond acceptors (Lipinski definition) is 3. The molecule has 0 unspecified atom stereocenters. The van der Waals surface area contributed by atoms with Crippen LogP contribution < -0.4 is 5.32 Å². The van der Waals surface area contributed by atoms with E-state index in [1.165, 1.54) is 0 Å². The van der Waals surface area contributed by atoms with E-state index in [0.717, 1.165) is 6.42 Å². The molecular formula is C14H14N2O3. The Morgan fingerprint density at radius 2 is 2.00 bits per heavy atom. The molecule has 0 spiro atoms. The lowest BCUT2D eigenvalue weighted by molar-refractivity contribution is -0.146. The Balaban J connectivity index is 1.79. The number of fused-ring (bicyclic) bond motifs is 2. The average Bonchev–Trinajstić information content (AvgIpc) is 2.99. The smallest absolute Gasteiger partial charge is 0.307 e. The Bertz CT molecular complexity index is 541. The van der Waals surface area contributed by atoms with E-state index in [1.54, 1.807) is 24.5 Å². The number of nitrogens with one attached hydrogen (secondary N) is 1. The van der Waals surface area contributed by atoms with Crippen LogP contribution in [-0.2, 0) is 9.59 Å². The summed E-state index contributed by atoms with van der Waals surface area (Å²) in [5, 5.41) is 12.0. The lowest BCUT2D eigenvalue weighted by Crippen LogP contribution is -2.36. The minimum absolute atomic E-state index is 0.00727. The Labute approximate surface area is 110 Å². The molecule has 2 aliphatic rings. The third-order valence-corrected chi connectivity index (χ3v) is 3.98. The Morgan fingerprint density at radius 1 is 1.26 bits per heavy atom. The van der Waals surface area contributed by atoms with E-state index in [2.05, 4.69) is 10.3 Å². The second-order valence-electron chi connectivity index (χ2n) is 5.07. The van der Waals surface area contributed by atoms with E-state index in [9.17, 15) is 14.7 Å². The molecule has 1 heterocycles. The van der Waals surface area contributed by atoms with Crippen molar-refractivity contribution in [2.24, 2.45) is 23.7 Å². The summed E-state index contributed by atoms with van der Waals surface area (Å²) in [5.74, 6) is -2.16. The van der Waals surface area contributed by atoms with Crippen LogP contribution in [0.4, 0.5) is 5.69 Å². The highest BCUT2D eigenvalue weighted by molar-refractivity contribution is 5.96. The average molecular weight is 258 g/mol. The number of anilines is 1. The normalized spacial score (nSPS) is 31.4. The van der Waals surface area contributed by atoms with Crippen LogP contribution in [0.1, 0.15) is 6.42 Å². The fourth-order valence-corrected chi connectivity index (χ4v) is 3.18. The van der Waals surface area contributed by atoms with Crippen molar-refractivity contribution in [3.63, 3.8) is 0 Å². The maximum absolute atomic E-state index is 12.3. The van der Waals surface area contributed by atoms with Gasteiger partial charge in [-0.25, -0.2) is 0 Å². The van der Waals surface area contributed by atoms with E-state index < -0.39 is 17.8 Å². The fourth-order valence-electron chi connectivity index (χ4n) is 3.18. The van der Waals surface area contributed by atoms with Crippen molar-refractivity contribution in [1.29, 1.82) is 0 Å². The molecule has 0 aromatic carbocycles. The number of carbonyl (C=O) groups is 2. The number of aliphatic carboxylic acids is 1. The van der Waals surface area contributed by atoms with Gasteiger partial charge in [-0.1, -0.05) is 12.2 Å². The predicted octanol–water partition coefficient (Wildman–Crippen LogP) is 1.54. The molecule has 98 valence electrons. The van der Waals surface area contributed by atoms with Gasteiger partial charge in [-0.2, -0.15) is 0 Å². The number of amides is 1. The zero-order chi connectivity index (χ0) is 13.4. The molecule has 1 aromatic rings. The largest absolute Gasteiger partial charge is 0.481 e. The standard InChI is InChI=1S/C14H14N2O3/c17-13(16-10-2-1-5-15-7-10)11-8-3-4-9(6-8)12(11)14(18)19/h1-5,7-9,11-12H,6H2,(H,16,17)(H,18,19)/t8-,9-,11+,12-/m0/s1. The van der Waals surface area contributed by atoms with Crippen LogP contribution in [0.3, 0.4) is 0 Å². The molecule has 3 rings (SSSR count). The quantitative estimate of drug-likeness (QED) is 0.806. The van der Waals surface area contributed by atoms with Gasteiger partial charge >= 0.3 is 5.97 Å². The van der Waals surface area contributed by atoms with Crippen LogP contribution in [0.2, 0.25) is 0 Å². The summed E-state index contributed by atoms with van der Waals surface area (Å²) < 4.78 is 0. The van der Waals surface area contributed by atoms with E-state index in [4.69, 9.17) is 0 Å². The third-order valence-electron chi connectivity index (χ3n) is 3.98. The van der Waals surface area contributed by atoms with Gasteiger partial charge in [-0.15, -0.1) is 0 Å². The summed E-state index contributed by atoms with van der Waals surface area (Å²) in [6.45, 7) is 0. The first-order chi connectivity index (χ1) is 9.16. The molecular weight excluding hydrogens is 244 g/mol.